The Bertz CT molecular complexity index is 485. The molecule has 1 N–H and O–H groups in total. The van der Waals surface area contributed by atoms with Crippen LogP contribution in [0, 0.1) is 0 Å². The number of rotatable bonds is 3. The lowest BCUT2D eigenvalue weighted by atomic mass is 9.95. The third-order valence-electron chi connectivity index (χ3n) is 2.68. The van der Waals surface area contributed by atoms with E-state index in [0.717, 1.165) is 0 Å². The number of alkyl halides is 7. The van der Waals surface area contributed by atoms with Crippen molar-refractivity contribution in [3.8, 4) is 0 Å². The Hall–Kier alpha value is 1.21. The van der Waals surface area contributed by atoms with Gasteiger partial charge < -0.3 is 5.11 Å². The van der Waals surface area contributed by atoms with E-state index in [1.165, 1.54) is 0 Å². The Balaban J connectivity index is 3.37. The van der Waals surface area contributed by atoms with Crippen molar-refractivity contribution in [2.75, 3.05) is 0 Å². The molecule has 1 aromatic rings. The first-order chi connectivity index (χ1) is 8.71. The van der Waals surface area contributed by atoms with Crippen molar-refractivity contribution in [2.24, 2.45) is 0 Å². The van der Waals surface area contributed by atoms with Crippen LogP contribution in [-0.4, -0.2) is 13.2 Å². The lowest BCUT2D eigenvalue weighted by Crippen LogP contribution is -2.45. The summed E-state index contributed by atoms with van der Waals surface area (Å²) in [6.07, 6.45) is 0. The molecule has 0 unspecified atom stereocenters. The van der Waals surface area contributed by atoms with Gasteiger partial charge in [-0.2, -0.15) is 0 Å². The second-order valence-electron chi connectivity index (χ2n) is 4.79. The van der Waals surface area contributed by atoms with Gasteiger partial charge in [0.05, 0.1) is 5.60 Å². The molecule has 0 fully saturated rings. The van der Waals surface area contributed by atoms with Gasteiger partial charge in [-0.25, -0.2) is 0 Å². The second kappa shape index (κ2) is 6.02. The first-order valence-electron chi connectivity index (χ1n) is 5.37. The molecule has 114 valence electrons. The normalized spacial score (nSPS) is 14.5. The summed E-state index contributed by atoms with van der Waals surface area (Å²) in [6.45, 7) is 3.22. The van der Waals surface area contributed by atoms with Crippen LogP contribution in [0.1, 0.15) is 25.0 Å². The molecule has 0 spiro atoms. The molecule has 0 saturated carbocycles. The zero-order valence-corrected chi connectivity index (χ0v) is 15.7. The third-order valence-corrected chi connectivity index (χ3v) is 6.64. The summed E-state index contributed by atoms with van der Waals surface area (Å²) in [5.74, 6) is 0. The van der Waals surface area contributed by atoms with E-state index in [-0.39, 0.29) is 0 Å². The Kier molecular flexibility index (Phi) is 5.79. The summed E-state index contributed by atoms with van der Waals surface area (Å²) in [6, 6.07) is 6.47. The molecule has 0 aliphatic heterocycles. The number of hydrogen-bond donors (Lipinski definition) is 1. The highest BCUT2D eigenvalue weighted by atomic mass is 35.6. The van der Waals surface area contributed by atoms with E-state index in [2.05, 4.69) is 0 Å². The number of benzene rings is 1. The number of hydrogen-bond acceptors (Lipinski definition) is 1. The van der Waals surface area contributed by atoms with Crippen LogP contribution < -0.4 is 0 Å². The van der Waals surface area contributed by atoms with Crippen LogP contribution in [0.3, 0.4) is 0 Å². The van der Waals surface area contributed by atoms with E-state index in [4.69, 9.17) is 81.2 Å². The van der Waals surface area contributed by atoms with Gasteiger partial charge in [0, 0.05) is 0 Å². The van der Waals surface area contributed by atoms with Crippen LogP contribution in [0.5, 0.6) is 0 Å². The molecule has 0 amide bonds. The minimum atomic E-state index is -2.12. The van der Waals surface area contributed by atoms with Crippen molar-refractivity contribution in [3.63, 3.8) is 0 Å². The fourth-order valence-corrected chi connectivity index (χ4v) is 2.91. The van der Waals surface area contributed by atoms with Gasteiger partial charge in [-0.1, -0.05) is 99.4 Å². The van der Waals surface area contributed by atoms with Crippen LogP contribution in [0.15, 0.2) is 24.3 Å². The largest absolute Gasteiger partial charge is 0.386 e. The molecule has 1 rings (SSSR count). The summed E-state index contributed by atoms with van der Waals surface area (Å²) in [7, 11) is 0. The molecule has 0 aliphatic carbocycles. The molecule has 0 aromatic heterocycles. The maximum Gasteiger partial charge on any atom is 0.226 e. The van der Waals surface area contributed by atoms with Crippen LogP contribution in [0.4, 0.5) is 0 Å². The molecular weight excluding hydrogens is 408 g/mol. The van der Waals surface area contributed by atoms with E-state index < -0.39 is 18.1 Å². The Morgan fingerprint density at radius 2 is 1.30 bits per heavy atom. The lowest BCUT2D eigenvalue weighted by molar-refractivity contribution is 0.0785. The molecule has 0 saturated heterocycles. The Labute approximate surface area is 153 Å². The minimum absolute atomic E-state index is 0.303. The predicted molar refractivity (Wildman–Crippen MR) is 89.8 cm³/mol. The van der Waals surface area contributed by atoms with Crippen molar-refractivity contribution in [1.82, 2.24) is 0 Å². The van der Waals surface area contributed by atoms with Gasteiger partial charge in [-0.05, 0) is 31.0 Å². The van der Waals surface area contributed by atoms with E-state index >= 15 is 0 Å². The van der Waals surface area contributed by atoms with E-state index in [1.54, 1.807) is 38.1 Å². The quantitative estimate of drug-likeness (QED) is 0.588. The molecule has 1 aromatic carbocycles. The SMILES string of the molecule is CC(C)(O)c1cccc(C(Cl)(Cl)C(Cl)(Cl)C(Cl)(Cl)Cl)c1. The Morgan fingerprint density at radius 1 is 0.850 bits per heavy atom. The number of aliphatic hydroxyl groups is 1. The van der Waals surface area contributed by atoms with Crippen molar-refractivity contribution in [3.05, 3.63) is 35.4 Å². The van der Waals surface area contributed by atoms with E-state index in [9.17, 15) is 5.11 Å². The molecule has 0 aliphatic rings. The molecule has 1 nitrogen and oxygen atoms in total. The third kappa shape index (κ3) is 3.75. The summed E-state index contributed by atoms with van der Waals surface area (Å²) in [5, 5.41) is 10.0. The van der Waals surface area contributed by atoms with Crippen molar-refractivity contribution in [1.29, 1.82) is 0 Å². The summed E-state index contributed by atoms with van der Waals surface area (Å²) in [4.78, 5) is 0. The van der Waals surface area contributed by atoms with Crippen LogP contribution in [0.2, 0.25) is 0 Å². The smallest absolute Gasteiger partial charge is 0.226 e. The van der Waals surface area contributed by atoms with Crippen molar-refractivity contribution < 1.29 is 5.11 Å². The topological polar surface area (TPSA) is 20.2 Å². The van der Waals surface area contributed by atoms with Gasteiger partial charge in [0.2, 0.25) is 8.13 Å². The van der Waals surface area contributed by atoms with Crippen LogP contribution in [-0.2, 0) is 9.93 Å². The molecule has 20 heavy (non-hydrogen) atoms. The highest BCUT2D eigenvalue weighted by Gasteiger charge is 2.60. The predicted octanol–water partition coefficient (Wildman–Crippen LogP) is 6.09. The summed E-state index contributed by atoms with van der Waals surface area (Å²) in [5.41, 5.74) is -0.230. The molecule has 0 heterocycles. The van der Waals surface area contributed by atoms with Gasteiger partial charge in [0.25, 0.3) is 0 Å². The van der Waals surface area contributed by atoms with Gasteiger partial charge in [0.1, 0.15) is 0 Å². The molecule has 0 bridgehead atoms. The number of halogens is 7. The summed E-state index contributed by atoms with van der Waals surface area (Å²) < 4.78 is -6.13. The maximum atomic E-state index is 10.0. The van der Waals surface area contributed by atoms with Gasteiger partial charge in [0.15, 0.2) is 4.33 Å². The first-order valence-corrected chi connectivity index (χ1v) is 8.01. The van der Waals surface area contributed by atoms with Gasteiger partial charge in [-0.15, -0.1) is 0 Å². The van der Waals surface area contributed by atoms with Crippen LogP contribution in [0.25, 0.3) is 0 Å². The summed E-state index contributed by atoms with van der Waals surface area (Å²) >= 11 is 41.8. The van der Waals surface area contributed by atoms with Crippen molar-refractivity contribution >= 4 is 81.2 Å². The molecule has 8 heteroatoms. The highest BCUT2D eigenvalue weighted by molar-refractivity contribution is 6.78. The molecule has 0 radical (unpaired) electrons. The molecule has 0 atom stereocenters. The molecular formula is C12H11Cl7O. The second-order valence-corrected chi connectivity index (χ2v) is 9.72. The monoisotopic (exact) mass is 416 g/mol. The zero-order valence-electron chi connectivity index (χ0n) is 10.4. The fraction of sp³-hybridized carbons (Fsp3) is 0.500. The van der Waals surface area contributed by atoms with Crippen LogP contribution >= 0.6 is 81.2 Å². The van der Waals surface area contributed by atoms with Crippen molar-refractivity contribution in [2.45, 2.75) is 31.9 Å². The lowest BCUT2D eigenvalue weighted by Gasteiger charge is -2.38. The standard InChI is InChI=1S/C12H11Cl7O/c1-9(2,20)7-4-3-5-8(6-7)10(13,14)11(15,16)12(17,18)19/h3-6,20H,1-2H3. The van der Waals surface area contributed by atoms with E-state index in [0.29, 0.717) is 11.1 Å². The highest BCUT2D eigenvalue weighted by Crippen LogP contribution is 2.60. The van der Waals surface area contributed by atoms with E-state index in [1.807, 2.05) is 0 Å². The maximum absolute atomic E-state index is 10.0. The Morgan fingerprint density at radius 3 is 1.70 bits per heavy atom. The van der Waals surface area contributed by atoms with Gasteiger partial charge >= 0.3 is 0 Å². The average molecular weight is 419 g/mol. The first kappa shape index (κ1) is 19.3. The average Bonchev–Trinajstić information content (AvgIpc) is 2.26. The minimum Gasteiger partial charge on any atom is -0.386 e. The zero-order chi connectivity index (χ0) is 16.0. The van der Waals surface area contributed by atoms with Gasteiger partial charge in [-0.3, -0.25) is 0 Å². The fourth-order valence-electron chi connectivity index (χ4n) is 1.45.